The van der Waals surface area contributed by atoms with E-state index in [4.69, 9.17) is 4.74 Å². The molecule has 1 amide bonds. The maximum absolute atomic E-state index is 13.6. The number of carbonyl (C=O) groups excluding carboxylic acids is 1. The molecule has 1 unspecified atom stereocenters. The van der Waals surface area contributed by atoms with Gasteiger partial charge in [0.1, 0.15) is 12.4 Å². The van der Waals surface area contributed by atoms with Crippen LogP contribution in [0.5, 0.6) is 0 Å². The van der Waals surface area contributed by atoms with Crippen molar-refractivity contribution in [1.29, 1.82) is 0 Å². The van der Waals surface area contributed by atoms with Gasteiger partial charge in [0.25, 0.3) is 0 Å². The fourth-order valence-electron chi connectivity index (χ4n) is 3.43. The molecule has 2 fully saturated rings. The van der Waals surface area contributed by atoms with Crippen molar-refractivity contribution in [2.45, 2.75) is 43.6 Å². The Hall–Kier alpha value is -2.15. The van der Waals surface area contributed by atoms with Crippen molar-refractivity contribution in [2.75, 3.05) is 40.3 Å². The Kier molecular flexibility index (Phi) is 6.88. The van der Waals surface area contributed by atoms with Gasteiger partial charge in [0.2, 0.25) is 5.91 Å². The Morgan fingerprint density at radius 3 is 2.79 bits per heavy atom. The second-order valence-electron chi connectivity index (χ2n) is 7.97. The summed E-state index contributed by atoms with van der Waals surface area (Å²) in [6.45, 7) is 2.20. The van der Waals surface area contributed by atoms with Crippen LogP contribution in [0.1, 0.15) is 37.7 Å². The molecule has 1 aromatic rings. The number of benzene rings is 1. The van der Waals surface area contributed by atoms with E-state index in [0.29, 0.717) is 19.0 Å². The Morgan fingerprint density at radius 2 is 2.14 bits per heavy atom. The first-order valence-electron chi connectivity index (χ1n) is 10.1. The van der Waals surface area contributed by atoms with Crippen molar-refractivity contribution in [3.8, 4) is 0 Å². The predicted octanol–water partition coefficient (Wildman–Crippen LogP) is 2.05. The first-order chi connectivity index (χ1) is 13.5. The van der Waals surface area contributed by atoms with Crippen molar-refractivity contribution in [1.82, 2.24) is 15.5 Å². The molecule has 1 aliphatic heterocycles. The van der Waals surface area contributed by atoms with Crippen LogP contribution in [-0.2, 0) is 14.9 Å². The van der Waals surface area contributed by atoms with Crippen LogP contribution in [0, 0.1) is 5.82 Å². The molecule has 3 rings (SSSR count). The van der Waals surface area contributed by atoms with Crippen LogP contribution in [0.4, 0.5) is 4.39 Å². The van der Waals surface area contributed by atoms with E-state index in [-0.39, 0.29) is 29.8 Å². The summed E-state index contributed by atoms with van der Waals surface area (Å²) in [5.74, 6) is 0.343. The maximum Gasteiger partial charge on any atom is 0.243 e. The molecule has 7 heteroatoms. The van der Waals surface area contributed by atoms with Crippen molar-refractivity contribution < 1.29 is 13.9 Å². The molecule has 0 bridgehead atoms. The summed E-state index contributed by atoms with van der Waals surface area (Å²) in [6, 6.07) is 6.82. The first-order valence-corrected chi connectivity index (χ1v) is 10.1. The minimum absolute atomic E-state index is 0.0544. The molecule has 1 saturated heterocycles. The number of nitrogens with one attached hydrogen (secondary N) is 2. The topological polar surface area (TPSA) is 66.0 Å². The zero-order valence-electron chi connectivity index (χ0n) is 16.8. The number of hydrogen-bond donors (Lipinski definition) is 2. The van der Waals surface area contributed by atoms with Gasteiger partial charge in [-0.1, -0.05) is 12.1 Å². The van der Waals surface area contributed by atoms with Gasteiger partial charge in [-0.05, 0) is 49.8 Å². The molecular formula is C21H31FN4O2. The maximum atomic E-state index is 13.6. The fraction of sp³-hybridized carbons (Fsp3) is 0.619. The molecule has 1 atom stereocenters. The van der Waals surface area contributed by atoms with E-state index in [1.165, 1.54) is 17.4 Å². The normalized spacial score (nSPS) is 21.1. The number of aliphatic imine (C=N–C) groups is 1. The molecule has 0 radical (unpaired) electrons. The van der Waals surface area contributed by atoms with E-state index in [9.17, 15) is 9.18 Å². The molecule has 1 saturated carbocycles. The van der Waals surface area contributed by atoms with Crippen LogP contribution in [0.2, 0.25) is 0 Å². The predicted molar refractivity (Wildman–Crippen MR) is 108 cm³/mol. The highest BCUT2D eigenvalue weighted by Gasteiger charge is 2.44. The van der Waals surface area contributed by atoms with Crippen LogP contribution < -0.4 is 10.6 Å². The molecule has 28 heavy (non-hydrogen) atoms. The third kappa shape index (κ3) is 5.67. The zero-order valence-corrected chi connectivity index (χ0v) is 16.8. The number of halogens is 1. The molecule has 1 aliphatic carbocycles. The second kappa shape index (κ2) is 9.37. The lowest BCUT2D eigenvalue weighted by Crippen LogP contribution is -2.45. The van der Waals surface area contributed by atoms with Crippen molar-refractivity contribution in [3.05, 3.63) is 35.6 Å². The van der Waals surface area contributed by atoms with E-state index in [1.807, 2.05) is 6.07 Å². The molecule has 154 valence electrons. The minimum Gasteiger partial charge on any atom is -0.376 e. The summed E-state index contributed by atoms with van der Waals surface area (Å²) >= 11 is 0. The van der Waals surface area contributed by atoms with E-state index >= 15 is 0 Å². The van der Waals surface area contributed by atoms with Crippen LogP contribution in [0.25, 0.3) is 0 Å². The third-order valence-corrected chi connectivity index (χ3v) is 5.53. The summed E-state index contributed by atoms with van der Waals surface area (Å²) in [5.41, 5.74) is 0.955. The number of hydrogen-bond acceptors (Lipinski definition) is 3. The smallest absolute Gasteiger partial charge is 0.243 e. The van der Waals surface area contributed by atoms with Gasteiger partial charge in [-0.25, -0.2) is 9.38 Å². The zero-order chi connectivity index (χ0) is 20.0. The molecule has 6 nitrogen and oxygen atoms in total. The number of ether oxygens (including phenoxy) is 1. The van der Waals surface area contributed by atoms with Crippen LogP contribution in [0.3, 0.4) is 0 Å². The van der Waals surface area contributed by atoms with E-state index < -0.39 is 0 Å². The number of amides is 1. The number of guanidine groups is 1. The molecular weight excluding hydrogens is 359 g/mol. The van der Waals surface area contributed by atoms with Crippen LogP contribution in [-0.4, -0.2) is 63.2 Å². The monoisotopic (exact) mass is 390 g/mol. The van der Waals surface area contributed by atoms with Gasteiger partial charge in [0.15, 0.2) is 5.96 Å². The van der Waals surface area contributed by atoms with Gasteiger partial charge in [-0.2, -0.15) is 0 Å². The van der Waals surface area contributed by atoms with E-state index in [2.05, 4.69) is 15.6 Å². The summed E-state index contributed by atoms with van der Waals surface area (Å²) in [7, 11) is 3.44. The molecule has 1 aromatic carbocycles. The average Bonchev–Trinajstić information content (AvgIpc) is 3.49. The molecule has 2 aliphatic rings. The van der Waals surface area contributed by atoms with Crippen molar-refractivity contribution in [3.63, 3.8) is 0 Å². The highest BCUT2D eigenvalue weighted by molar-refractivity contribution is 5.84. The van der Waals surface area contributed by atoms with Crippen LogP contribution >= 0.6 is 0 Å². The Morgan fingerprint density at radius 1 is 1.32 bits per heavy atom. The molecule has 0 spiro atoms. The summed E-state index contributed by atoms with van der Waals surface area (Å²) in [6.07, 6.45) is 5.52. The average molecular weight is 391 g/mol. The van der Waals surface area contributed by atoms with Gasteiger partial charge < -0.3 is 20.3 Å². The number of carbonyl (C=O) groups is 1. The largest absolute Gasteiger partial charge is 0.376 e. The lowest BCUT2D eigenvalue weighted by atomic mass is 9.96. The van der Waals surface area contributed by atoms with Gasteiger partial charge in [-0.3, -0.25) is 4.79 Å². The van der Waals surface area contributed by atoms with Gasteiger partial charge in [0.05, 0.1) is 6.10 Å². The fourth-order valence-corrected chi connectivity index (χ4v) is 3.43. The molecule has 0 aromatic heterocycles. The Bertz CT molecular complexity index is 697. The molecule has 2 N–H and O–H groups in total. The third-order valence-electron chi connectivity index (χ3n) is 5.53. The van der Waals surface area contributed by atoms with Crippen molar-refractivity contribution in [2.24, 2.45) is 4.99 Å². The standard InChI is InChI=1S/C21H31FN4O2/c1-26(2)19(27)14-24-20(23-13-18-8-3-4-11-28-18)25-15-21(9-10-21)16-6-5-7-17(22)12-16/h5-7,12,18H,3-4,8-11,13-15H2,1-2H3,(H2,23,24,25). The minimum atomic E-state index is -0.207. The summed E-state index contributed by atoms with van der Waals surface area (Å²) in [4.78, 5) is 17.9. The van der Waals surface area contributed by atoms with Crippen molar-refractivity contribution >= 4 is 11.9 Å². The summed E-state index contributed by atoms with van der Waals surface area (Å²) < 4.78 is 19.4. The number of likely N-dealkylation sites (N-methyl/N-ethyl adjacent to an activating group) is 1. The SMILES string of the molecule is CN(C)C(=O)CN=C(NCC1CCCCO1)NCC1(c2cccc(F)c2)CC1. The second-order valence-corrected chi connectivity index (χ2v) is 7.97. The molecule has 1 heterocycles. The van der Waals surface area contributed by atoms with Gasteiger partial charge in [-0.15, -0.1) is 0 Å². The lowest BCUT2D eigenvalue weighted by Gasteiger charge is -2.25. The Labute approximate surface area is 166 Å². The van der Waals surface area contributed by atoms with Crippen LogP contribution in [0.15, 0.2) is 29.3 Å². The van der Waals surface area contributed by atoms with Gasteiger partial charge >= 0.3 is 0 Å². The highest BCUT2D eigenvalue weighted by atomic mass is 19.1. The quantitative estimate of drug-likeness (QED) is 0.552. The van der Waals surface area contributed by atoms with E-state index in [1.54, 1.807) is 26.2 Å². The summed E-state index contributed by atoms with van der Waals surface area (Å²) in [5, 5.41) is 6.68. The van der Waals surface area contributed by atoms with Gasteiger partial charge in [0, 0.05) is 39.2 Å². The first kappa shape index (κ1) is 20.6. The lowest BCUT2D eigenvalue weighted by molar-refractivity contribution is -0.127. The Balaban J connectivity index is 1.61. The number of rotatable bonds is 7. The number of nitrogens with zero attached hydrogens (tertiary/aromatic N) is 2. The van der Waals surface area contributed by atoms with E-state index in [0.717, 1.165) is 37.9 Å². The highest BCUT2D eigenvalue weighted by Crippen LogP contribution is 2.47.